The fourth-order valence-electron chi connectivity index (χ4n) is 5.74. The van der Waals surface area contributed by atoms with E-state index in [1.54, 1.807) is 20.9 Å². The van der Waals surface area contributed by atoms with Crippen LogP contribution in [0.25, 0.3) is 0 Å². The number of aliphatic carboxylic acids is 1. The number of likely N-dealkylation sites (N-methyl/N-ethyl adjacent to an activating group) is 1. The average molecular weight is 542 g/mol. The SMILES string of the molecule is CC.CCC(O)(CC)CCC1=C(C)CC(C(CC)(CC)c2ccc(C(=O)N(C)C(C)(C)C(=O)O)c(C)c2)C=C1. The first-order chi connectivity index (χ1) is 18.2. The van der Waals surface area contributed by atoms with E-state index in [1.807, 2.05) is 26.8 Å². The molecular formula is C34H55NO4. The van der Waals surface area contributed by atoms with Gasteiger partial charge in [0.25, 0.3) is 5.91 Å². The van der Waals surface area contributed by atoms with E-state index in [1.165, 1.54) is 21.6 Å². The van der Waals surface area contributed by atoms with Crippen LogP contribution in [0, 0.1) is 12.8 Å². The topological polar surface area (TPSA) is 77.8 Å². The number of benzene rings is 1. The summed E-state index contributed by atoms with van der Waals surface area (Å²) in [6, 6.07) is 6.07. The van der Waals surface area contributed by atoms with Crippen molar-refractivity contribution in [3.63, 3.8) is 0 Å². The summed E-state index contributed by atoms with van der Waals surface area (Å²) in [6.07, 6.45) is 10.8. The zero-order valence-electron chi connectivity index (χ0n) is 26.6. The van der Waals surface area contributed by atoms with Crippen LogP contribution in [0.2, 0.25) is 0 Å². The standard InChI is InChI=1S/C32H49NO4.C2H6/c1-10-31(37,11-2)19-18-24-14-15-25(20-22(24)5)32(12-3,13-4)26-16-17-27(23(6)21-26)28(34)33(9)30(7,8)29(35)36;1-2/h14-17,21,25,37H,10-13,18-20H2,1-9H3,(H,35,36);1-2H3. The molecule has 2 N–H and O–H groups in total. The van der Waals surface area contributed by atoms with Crippen molar-refractivity contribution in [1.82, 2.24) is 4.90 Å². The van der Waals surface area contributed by atoms with Crippen molar-refractivity contribution in [3.8, 4) is 0 Å². The highest BCUT2D eigenvalue weighted by atomic mass is 16.4. The quantitative estimate of drug-likeness (QED) is 0.279. The van der Waals surface area contributed by atoms with Crippen molar-refractivity contribution < 1.29 is 19.8 Å². The first kappa shape index (κ1) is 34.6. The largest absolute Gasteiger partial charge is 0.480 e. The van der Waals surface area contributed by atoms with E-state index >= 15 is 0 Å². The Morgan fingerprint density at radius 1 is 1.00 bits per heavy atom. The van der Waals surface area contributed by atoms with Crippen molar-refractivity contribution in [2.75, 3.05) is 7.05 Å². The molecule has 1 aliphatic rings. The molecule has 0 aliphatic heterocycles. The van der Waals surface area contributed by atoms with Crippen molar-refractivity contribution >= 4 is 11.9 Å². The third kappa shape index (κ3) is 7.42. The molecule has 1 atom stereocenters. The maximum absolute atomic E-state index is 13.2. The number of rotatable bonds is 12. The monoisotopic (exact) mass is 541 g/mol. The van der Waals surface area contributed by atoms with E-state index in [0.717, 1.165) is 50.5 Å². The molecule has 1 aromatic carbocycles. The van der Waals surface area contributed by atoms with E-state index in [9.17, 15) is 19.8 Å². The number of carboxylic acids is 1. The normalized spacial score (nSPS) is 16.1. The van der Waals surface area contributed by atoms with E-state index in [0.29, 0.717) is 11.5 Å². The second-order valence-electron chi connectivity index (χ2n) is 11.5. The van der Waals surface area contributed by atoms with Gasteiger partial charge < -0.3 is 15.1 Å². The lowest BCUT2D eigenvalue weighted by Gasteiger charge is -2.41. The number of carboxylic acid groups (broad SMARTS) is 1. The van der Waals surface area contributed by atoms with Gasteiger partial charge in [0.05, 0.1) is 5.60 Å². The number of nitrogens with zero attached hydrogens (tertiary/aromatic N) is 1. The number of amides is 1. The highest BCUT2D eigenvalue weighted by Crippen LogP contribution is 2.46. The molecule has 0 bridgehead atoms. The van der Waals surface area contributed by atoms with Crippen molar-refractivity contribution in [2.45, 2.75) is 131 Å². The predicted molar refractivity (Wildman–Crippen MR) is 163 cm³/mol. The van der Waals surface area contributed by atoms with E-state index < -0.39 is 17.1 Å². The van der Waals surface area contributed by atoms with Gasteiger partial charge in [0.15, 0.2) is 0 Å². The zero-order valence-corrected chi connectivity index (χ0v) is 26.6. The van der Waals surface area contributed by atoms with E-state index in [-0.39, 0.29) is 11.3 Å². The number of aliphatic hydroxyl groups is 1. The van der Waals surface area contributed by atoms with Crippen LogP contribution >= 0.6 is 0 Å². The summed E-state index contributed by atoms with van der Waals surface area (Å²) >= 11 is 0. The summed E-state index contributed by atoms with van der Waals surface area (Å²) in [5.41, 5.74) is 3.44. The van der Waals surface area contributed by atoms with Crippen LogP contribution in [0.15, 0.2) is 41.5 Å². The smallest absolute Gasteiger partial charge is 0.329 e. The molecule has 1 amide bonds. The summed E-state index contributed by atoms with van der Waals surface area (Å²) in [7, 11) is 1.55. The molecule has 1 aliphatic carbocycles. The van der Waals surface area contributed by atoms with Crippen LogP contribution in [-0.4, -0.2) is 45.2 Å². The fraction of sp³-hybridized carbons (Fsp3) is 0.647. The Morgan fingerprint density at radius 2 is 1.56 bits per heavy atom. The van der Waals surface area contributed by atoms with E-state index in [2.05, 4.69) is 58.9 Å². The molecule has 39 heavy (non-hydrogen) atoms. The third-order valence-corrected chi connectivity index (χ3v) is 9.45. The minimum atomic E-state index is -1.29. The first-order valence-corrected chi connectivity index (χ1v) is 14.9. The van der Waals surface area contributed by atoms with Gasteiger partial charge in [-0.1, -0.05) is 71.4 Å². The summed E-state index contributed by atoms with van der Waals surface area (Å²) in [5.74, 6) is -0.971. The van der Waals surface area contributed by atoms with Gasteiger partial charge in [0.1, 0.15) is 5.54 Å². The Kier molecular flexibility index (Phi) is 12.7. The molecule has 1 unspecified atom stereocenters. The number of hydrogen-bond donors (Lipinski definition) is 2. The van der Waals surface area contributed by atoms with Crippen molar-refractivity contribution in [3.05, 3.63) is 58.2 Å². The maximum atomic E-state index is 13.2. The second-order valence-corrected chi connectivity index (χ2v) is 11.5. The van der Waals surface area contributed by atoms with Crippen molar-refractivity contribution in [1.29, 1.82) is 0 Å². The molecule has 0 saturated heterocycles. The van der Waals surface area contributed by atoms with Gasteiger partial charge >= 0.3 is 5.97 Å². The van der Waals surface area contributed by atoms with Crippen molar-refractivity contribution in [2.24, 2.45) is 5.92 Å². The maximum Gasteiger partial charge on any atom is 0.329 e. The van der Waals surface area contributed by atoms with Crippen LogP contribution in [0.5, 0.6) is 0 Å². The molecular weight excluding hydrogens is 486 g/mol. The molecule has 0 aromatic heterocycles. The van der Waals surface area contributed by atoms with Gasteiger partial charge in [-0.15, -0.1) is 0 Å². The summed E-state index contributed by atoms with van der Waals surface area (Å²) in [5, 5.41) is 20.3. The summed E-state index contributed by atoms with van der Waals surface area (Å²) < 4.78 is 0. The Labute approximate surface area is 238 Å². The Morgan fingerprint density at radius 3 is 2.00 bits per heavy atom. The molecule has 0 fully saturated rings. The molecule has 5 heteroatoms. The lowest BCUT2D eigenvalue weighted by atomic mass is 9.63. The molecule has 5 nitrogen and oxygen atoms in total. The van der Waals surface area contributed by atoms with Gasteiger partial charge in [-0.05, 0) is 101 Å². The summed E-state index contributed by atoms with van der Waals surface area (Å²) in [4.78, 5) is 26.2. The third-order valence-electron chi connectivity index (χ3n) is 9.45. The number of carbonyl (C=O) groups excluding carboxylic acids is 1. The molecule has 0 saturated carbocycles. The number of allylic oxidation sites excluding steroid dienone is 4. The van der Waals surface area contributed by atoms with Gasteiger partial charge in [0, 0.05) is 18.0 Å². The Bertz CT molecular complexity index is 1040. The van der Waals surface area contributed by atoms with Crippen LogP contribution in [0.1, 0.15) is 129 Å². The van der Waals surface area contributed by atoms with Crippen LogP contribution in [0.3, 0.4) is 0 Å². The minimum absolute atomic E-state index is 0.0601. The molecule has 0 spiro atoms. The molecule has 2 rings (SSSR count). The van der Waals surface area contributed by atoms with Gasteiger partial charge in [-0.3, -0.25) is 4.79 Å². The lowest BCUT2D eigenvalue weighted by Crippen LogP contribution is -2.50. The minimum Gasteiger partial charge on any atom is -0.480 e. The fourth-order valence-corrected chi connectivity index (χ4v) is 5.74. The van der Waals surface area contributed by atoms with Crippen LogP contribution in [0.4, 0.5) is 0 Å². The Hall–Kier alpha value is -2.40. The van der Waals surface area contributed by atoms with Crippen LogP contribution in [-0.2, 0) is 10.2 Å². The number of carbonyl (C=O) groups is 2. The molecule has 1 aromatic rings. The zero-order chi connectivity index (χ0) is 30.2. The Balaban J connectivity index is 0.00000371. The molecule has 220 valence electrons. The highest BCUT2D eigenvalue weighted by molar-refractivity contribution is 5.98. The number of aryl methyl sites for hydroxylation is 1. The molecule has 0 radical (unpaired) electrons. The summed E-state index contributed by atoms with van der Waals surface area (Å²) in [6.45, 7) is 19.9. The van der Waals surface area contributed by atoms with Gasteiger partial charge in [-0.2, -0.15) is 0 Å². The van der Waals surface area contributed by atoms with Gasteiger partial charge in [-0.25, -0.2) is 4.79 Å². The number of hydrogen-bond acceptors (Lipinski definition) is 3. The second kappa shape index (κ2) is 14.3. The predicted octanol–water partition coefficient (Wildman–Crippen LogP) is 8.24. The first-order valence-electron chi connectivity index (χ1n) is 14.9. The molecule has 0 heterocycles. The lowest BCUT2D eigenvalue weighted by molar-refractivity contribution is -0.147. The highest BCUT2D eigenvalue weighted by Gasteiger charge is 2.39. The van der Waals surface area contributed by atoms with Gasteiger partial charge in [0.2, 0.25) is 0 Å². The average Bonchev–Trinajstić information content (AvgIpc) is 2.93. The van der Waals surface area contributed by atoms with E-state index in [4.69, 9.17) is 0 Å². The van der Waals surface area contributed by atoms with Crippen LogP contribution < -0.4 is 0 Å².